The molecule has 0 bridgehead atoms. The molecule has 6 heteroatoms. The van der Waals surface area contributed by atoms with Crippen LogP contribution in [0.3, 0.4) is 0 Å². The predicted molar refractivity (Wildman–Crippen MR) is 73.3 cm³/mol. The van der Waals surface area contributed by atoms with Gasteiger partial charge in [0.05, 0.1) is 5.41 Å². The number of benzene rings is 1. The number of carbonyl (C=O) groups is 1. The average molecular weight is 283 g/mol. The van der Waals surface area contributed by atoms with Crippen LogP contribution in [0.1, 0.15) is 18.9 Å². The third kappa shape index (κ3) is 2.47. The first-order chi connectivity index (χ1) is 9.41. The smallest absolute Gasteiger partial charge is 0.227 e. The van der Waals surface area contributed by atoms with Crippen LogP contribution in [-0.4, -0.2) is 26.0 Å². The van der Waals surface area contributed by atoms with Crippen molar-refractivity contribution in [1.82, 2.24) is 5.32 Å². The number of nitrogens with two attached hydrogens (primary N) is 1. The summed E-state index contributed by atoms with van der Waals surface area (Å²) < 4.78 is 28.1. The molecule has 3 N–H and O–H groups in total. The molecule has 1 aromatic rings. The molecule has 1 atom stereocenters. The van der Waals surface area contributed by atoms with Crippen LogP contribution in [0, 0.1) is 17.0 Å². The fraction of sp³-hybridized carbons (Fsp3) is 0.500. The Bertz CT molecular complexity index is 512. The highest BCUT2D eigenvalue weighted by molar-refractivity contribution is 5.83. The van der Waals surface area contributed by atoms with Crippen molar-refractivity contribution in [3.8, 4) is 0 Å². The van der Waals surface area contributed by atoms with Crippen molar-refractivity contribution >= 4 is 11.6 Å². The lowest BCUT2D eigenvalue weighted by Gasteiger charge is -2.24. The lowest BCUT2D eigenvalue weighted by atomic mass is 9.89. The highest BCUT2D eigenvalue weighted by Crippen LogP contribution is 2.36. The minimum Gasteiger partial charge on any atom is -0.366 e. The van der Waals surface area contributed by atoms with E-state index in [0.29, 0.717) is 25.1 Å². The van der Waals surface area contributed by atoms with Crippen LogP contribution < -0.4 is 16.0 Å². The number of nitrogens with zero attached hydrogens (tertiary/aromatic N) is 1. The van der Waals surface area contributed by atoms with Gasteiger partial charge in [-0.25, -0.2) is 8.78 Å². The Morgan fingerprint density at radius 1 is 1.45 bits per heavy atom. The molecule has 1 aromatic carbocycles. The third-order valence-corrected chi connectivity index (χ3v) is 3.88. The van der Waals surface area contributed by atoms with Crippen LogP contribution >= 0.6 is 0 Å². The number of amides is 1. The van der Waals surface area contributed by atoms with Gasteiger partial charge in [0.2, 0.25) is 5.91 Å². The zero-order valence-corrected chi connectivity index (χ0v) is 11.7. The summed E-state index contributed by atoms with van der Waals surface area (Å²) in [6.45, 7) is 2.63. The maximum Gasteiger partial charge on any atom is 0.227 e. The Morgan fingerprint density at radius 2 is 2.05 bits per heavy atom. The number of hydrogen-bond donors (Lipinski definition) is 2. The van der Waals surface area contributed by atoms with Gasteiger partial charge in [0, 0.05) is 26.7 Å². The van der Waals surface area contributed by atoms with Crippen molar-refractivity contribution in [2.75, 3.05) is 25.0 Å². The number of hydrogen-bond acceptors (Lipinski definition) is 3. The maximum atomic E-state index is 14.0. The lowest BCUT2D eigenvalue weighted by molar-refractivity contribution is -0.128. The van der Waals surface area contributed by atoms with E-state index in [1.54, 1.807) is 18.9 Å². The van der Waals surface area contributed by atoms with Gasteiger partial charge in [0.25, 0.3) is 0 Å². The molecular weight excluding hydrogens is 264 g/mol. The van der Waals surface area contributed by atoms with Crippen molar-refractivity contribution in [3.63, 3.8) is 0 Å². The molecule has 20 heavy (non-hydrogen) atoms. The zero-order chi connectivity index (χ0) is 14.9. The second-order valence-electron chi connectivity index (χ2n) is 5.42. The highest BCUT2D eigenvalue weighted by Gasteiger charge is 2.41. The molecule has 1 saturated heterocycles. The molecule has 0 aliphatic carbocycles. The van der Waals surface area contributed by atoms with Gasteiger partial charge in [-0.1, -0.05) is 0 Å². The summed E-state index contributed by atoms with van der Waals surface area (Å²) in [5.41, 5.74) is 5.11. The van der Waals surface area contributed by atoms with Gasteiger partial charge in [0.15, 0.2) is 0 Å². The fourth-order valence-electron chi connectivity index (χ4n) is 2.68. The quantitative estimate of drug-likeness (QED) is 0.881. The van der Waals surface area contributed by atoms with Gasteiger partial charge in [0.1, 0.15) is 17.3 Å². The molecule has 4 nitrogen and oxygen atoms in total. The van der Waals surface area contributed by atoms with Crippen molar-refractivity contribution in [1.29, 1.82) is 0 Å². The third-order valence-electron chi connectivity index (χ3n) is 3.88. The van der Waals surface area contributed by atoms with E-state index < -0.39 is 17.0 Å². The summed E-state index contributed by atoms with van der Waals surface area (Å²) in [6, 6.07) is 2.49. The van der Waals surface area contributed by atoms with E-state index in [4.69, 9.17) is 5.73 Å². The summed E-state index contributed by atoms with van der Waals surface area (Å²) in [5, 5.41) is 2.60. The minimum atomic E-state index is -0.633. The van der Waals surface area contributed by atoms with Gasteiger partial charge in [-0.05, 0) is 31.0 Å². The van der Waals surface area contributed by atoms with Crippen LogP contribution in [0.25, 0.3) is 0 Å². The number of halogens is 2. The largest absolute Gasteiger partial charge is 0.366 e. The molecule has 1 aliphatic heterocycles. The zero-order valence-electron chi connectivity index (χ0n) is 11.7. The first-order valence-electron chi connectivity index (χ1n) is 6.56. The fourth-order valence-corrected chi connectivity index (χ4v) is 2.68. The monoisotopic (exact) mass is 283 g/mol. The van der Waals surface area contributed by atoms with E-state index in [1.165, 1.54) is 12.1 Å². The van der Waals surface area contributed by atoms with E-state index in [2.05, 4.69) is 5.32 Å². The number of nitrogens with one attached hydrogen (secondary N) is 1. The maximum absolute atomic E-state index is 14.0. The molecule has 1 amide bonds. The van der Waals surface area contributed by atoms with Gasteiger partial charge in [-0.15, -0.1) is 0 Å². The van der Waals surface area contributed by atoms with E-state index in [0.717, 1.165) is 0 Å². The standard InChI is InChI=1S/C14H19F2N3O/c1-14(13(20)18-2)3-4-19(8-14)12-10(15)5-9(7-17)6-11(12)16/h5-6H,3-4,7-8,17H2,1-2H3,(H,18,20). The first kappa shape index (κ1) is 14.7. The first-order valence-corrected chi connectivity index (χ1v) is 6.56. The number of rotatable bonds is 3. The Labute approximate surface area is 116 Å². The normalized spacial score (nSPS) is 22.1. The van der Waals surface area contributed by atoms with Crippen LogP contribution in [0.2, 0.25) is 0 Å². The molecule has 2 rings (SSSR count). The topological polar surface area (TPSA) is 58.4 Å². The second kappa shape index (κ2) is 5.36. The van der Waals surface area contributed by atoms with Crippen molar-refractivity contribution in [3.05, 3.63) is 29.3 Å². The average Bonchev–Trinajstić information content (AvgIpc) is 2.80. The van der Waals surface area contributed by atoms with Gasteiger partial charge < -0.3 is 16.0 Å². The Balaban J connectivity index is 2.29. The van der Waals surface area contributed by atoms with E-state index in [1.807, 2.05) is 0 Å². The van der Waals surface area contributed by atoms with Crippen LogP contribution in [0.15, 0.2) is 12.1 Å². The van der Waals surface area contributed by atoms with E-state index >= 15 is 0 Å². The second-order valence-corrected chi connectivity index (χ2v) is 5.42. The van der Waals surface area contributed by atoms with Crippen LogP contribution in [0.5, 0.6) is 0 Å². The Kier molecular flexibility index (Phi) is 3.94. The van der Waals surface area contributed by atoms with Crippen molar-refractivity contribution < 1.29 is 13.6 Å². The minimum absolute atomic E-state index is 0.0742. The summed E-state index contributed by atoms with van der Waals surface area (Å²) in [7, 11) is 1.56. The van der Waals surface area contributed by atoms with Crippen molar-refractivity contribution in [2.24, 2.45) is 11.1 Å². The van der Waals surface area contributed by atoms with Gasteiger partial charge in [-0.3, -0.25) is 4.79 Å². The summed E-state index contributed by atoms with van der Waals surface area (Å²) in [4.78, 5) is 13.4. The predicted octanol–water partition coefficient (Wildman–Crippen LogP) is 1.39. The molecule has 110 valence electrons. The SMILES string of the molecule is CNC(=O)C1(C)CCN(c2c(F)cc(CN)cc2F)C1. The molecule has 1 aliphatic rings. The molecule has 0 radical (unpaired) electrons. The van der Waals surface area contributed by atoms with Crippen LogP contribution in [0.4, 0.5) is 14.5 Å². The van der Waals surface area contributed by atoms with Crippen molar-refractivity contribution in [2.45, 2.75) is 19.9 Å². The van der Waals surface area contributed by atoms with Crippen LogP contribution in [-0.2, 0) is 11.3 Å². The molecule has 0 aromatic heterocycles. The summed E-state index contributed by atoms with van der Waals surface area (Å²) >= 11 is 0. The molecule has 1 heterocycles. The van der Waals surface area contributed by atoms with Gasteiger partial charge >= 0.3 is 0 Å². The molecule has 0 spiro atoms. The Morgan fingerprint density at radius 3 is 2.55 bits per heavy atom. The van der Waals surface area contributed by atoms with E-state index in [9.17, 15) is 13.6 Å². The molecule has 1 unspecified atom stereocenters. The summed E-state index contributed by atoms with van der Waals surface area (Å²) in [6.07, 6.45) is 0.560. The highest BCUT2D eigenvalue weighted by atomic mass is 19.1. The van der Waals surface area contributed by atoms with E-state index in [-0.39, 0.29) is 18.1 Å². The Hall–Kier alpha value is -1.69. The molecule has 1 fully saturated rings. The number of carbonyl (C=O) groups excluding carboxylic acids is 1. The lowest BCUT2D eigenvalue weighted by Crippen LogP contribution is -2.39. The van der Waals surface area contributed by atoms with Gasteiger partial charge in [-0.2, -0.15) is 0 Å². The number of anilines is 1. The molecular formula is C14H19F2N3O. The summed E-state index contributed by atoms with van der Waals surface area (Å²) in [5.74, 6) is -1.38. The molecule has 0 saturated carbocycles.